The molecule has 2 atom stereocenters. The predicted molar refractivity (Wildman–Crippen MR) is 73.4 cm³/mol. The van der Waals surface area contributed by atoms with Crippen LogP contribution in [-0.4, -0.2) is 17.6 Å². The van der Waals surface area contributed by atoms with E-state index in [0.29, 0.717) is 12.0 Å². The molecule has 3 nitrogen and oxygen atoms in total. The van der Waals surface area contributed by atoms with Crippen LogP contribution in [-0.2, 0) is 0 Å². The van der Waals surface area contributed by atoms with Crippen molar-refractivity contribution in [1.82, 2.24) is 4.98 Å². The van der Waals surface area contributed by atoms with Gasteiger partial charge in [-0.05, 0) is 37.4 Å². The lowest BCUT2D eigenvalue weighted by atomic mass is 10.0. The minimum absolute atomic E-state index is 0.514. The molecule has 2 unspecified atom stereocenters. The van der Waals surface area contributed by atoms with E-state index in [4.69, 9.17) is 5.73 Å². The number of nitrogens with one attached hydrogen (secondary N) is 1. The molecular formula is C13H17N3S. The summed E-state index contributed by atoms with van der Waals surface area (Å²) >= 11 is 1.73. The second-order valence-corrected chi connectivity index (χ2v) is 5.69. The van der Waals surface area contributed by atoms with E-state index in [-0.39, 0.29) is 0 Å². The molecule has 0 radical (unpaired) electrons. The topological polar surface area (TPSA) is 50.9 Å². The Balaban J connectivity index is 1.80. The Morgan fingerprint density at radius 1 is 1.35 bits per heavy atom. The molecule has 1 aromatic carbocycles. The fourth-order valence-corrected chi connectivity index (χ4v) is 3.53. The van der Waals surface area contributed by atoms with Crippen LogP contribution in [0, 0.1) is 5.92 Å². The molecule has 0 bridgehead atoms. The van der Waals surface area contributed by atoms with E-state index < -0.39 is 0 Å². The second kappa shape index (κ2) is 4.63. The van der Waals surface area contributed by atoms with Crippen molar-refractivity contribution in [3.8, 4) is 0 Å². The molecule has 2 aromatic rings. The SMILES string of the molecule is NCC1CCCC1Nc1nc2ccccc2s1. The van der Waals surface area contributed by atoms with Crippen LogP contribution in [0.2, 0.25) is 0 Å². The standard InChI is InChI=1S/C13H17N3S/c14-8-9-4-3-6-10(9)15-13-16-11-5-1-2-7-12(11)17-13/h1-2,5,7,9-10H,3-4,6,8,14H2,(H,15,16). The molecule has 0 aliphatic heterocycles. The molecule has 90 valence electrons. The van der Waals surface area contributed by atoms with Crippen molar-refractivity contribution in [2.45, 2.75) is 25.3 Å². The van der Waals surface area contributed by atoms with E-state index in [1.807, 2.05) is 6.07 Å². The number of nitrogens with two attached hydrogens (primary N) is 1. The van der Waals surface area contributed by atoms with Crippen molar-refractivity contribution < 1.29 is 0 Å². The molecule has 0 amide bonds. The third kappa shape index (κ3) is 2.15. The Hall–Kier alpha value is -1.13. The minimum Gasteiger partial charge on any atom is -0.358 e. The fraction of sp³-hybridized carbons (Fsp3) is 0.462. The van der Waals surface area contributed by atoms with Crippen LogP contribution >= 0.6 is 11.3 Å². The third-order valence-corrected chi connectivity index (χ3v) is 4.53. The first kappa shape index (κ1) is 11.0. The zero-order chi connectivity index (χ0) is 11.7. The van der Waals surface area contributed by atoms with Crippen LogP contribution in [0.1, 0.15) is 19.3 Å². The van der Waals surface area contributed by atoms with Gasteiger partial charge in [-0.1, -0.05) is 29.9 Å². The maximum atomic E-state index is 5.80. The lowest BCUT2D eigenvalue weighted by Gasteiger charge is -2.18. The fourth-order valence-electron chi connectivity index (χ4n) is 2.60. The highest BCUT2D eigenvalue weighted by atomic mass is 32.1. The number of fused-ring (bicyclic) bond motifs is 1. The number of nitrogens with zero attached hydrogens (tertiary/aromatic N) is 1. The smallest absolute Gasteiger partial charge is 0.184 e. The van der Waals surface area contributed by atoms with Crippen LogP contribution < -0.4 is 11.1 Å². The number of rotatable bonds is 3. The summed E-state index contributed by atoms with van der Waals surface area (Å²) in [7, 11) is 0. The van der Waals surface area contributed by atoms with Crippen LogP contribution in [0.5, 0.6) is 0 Å². The van der Waals surface area contributed by atoms with Gasteiger partial charge in [-0.25, -0.2) is 4.98 Å². The number of benzene rings is 1. The molecule has 4 heteroatoms. The summed E-state index contributed by atoms with van der Waals surface area (Å²) in [4.78, 5) is 4.61. The lowest BCUT2D eigenvalue weighted by Crippen LogP contribution is -2.29. The van der Waals surface area contributed by atoms with Crippen molar-refractivity contribution in [3.63, 3.8) is 0 Å². The molecule has 1 aliphatic rings. The highest BCUT2D eigenvalue weighted by Crippen LogP contribution is 2.31. The molecule has 1 aliphatic carbocycles. The normalized spacial score (nSPS) is 24.3. The number of para-hydroxylation sites is 1. The second-order valence-electron chi connectivity index (χ2n) is 4.66. The molecule has 3 N–H and O–H groups in total. The Bertz CT molecular complexity index is 475. The lowest BCUT2D eigenvalue weighted by molar-refractivity contribution is 0.516. The van der Waals surface area contributed by atoms with Gasteiger partial charge in [0.2, 0.25) is 0 Å². The Morgan fingerprint density at radius 2 is 2.24 bits per heavy atom. The van der Waals surface area contributed by atoms with Crippen molar-refractivity contribution in [3.05, 3.63) is 24.3 Å². The summed E-state index contributed by atoms with van der Waals surface area (Å²) < 4.78 is 1.25. The average molecular weight is 247 g/mol. The van der Waals surface area contributed by atoms with E-state index in [1.54, 1.807) is 11.3 Å². The molecule has 1 fully saturated rings. The van der Waals surface area contributed by atoms with Crippen LogP contribution in [0.15, 0.2) is 24.3 Å². The zero-order valence-electron chi connectivity index (χ0n) is 9.73. The van der Waals surface area contributed by atoms with Gasteiger partial charge in [-0.3, -0.25) is 0 Å². The van der Waals surface area contributed by atoms with Crippen LogP contribution in [0.3, 0.4) is 0 Å². The maximum Gasteiger partial charge on any atom is 0.184 e. The van der Waals surface area contributed by atoms with Crippen molar-refractivity contribution >= 4 is 26.7 Å². The average Bonchev–Trinajstić information content (AvgIpc) is 2.94. The van der Waals surface area contributed by atoms with E-state index in [2.05, 4.69) is 28.5 Å². The van der Waals surface area contributed by atoms with Crippen molar-refractivity contribution in [1.29, 1.82) is 0 Å². The molecule has 1 heterocycles. The number of hydrogen-bond acceptors (Lipinski definition) is 4. The van der Waals surface area contributed by atoms with E-state index >= 15 is 0 Å². The van der Waals surface area contributed by atoms with Gasteiger partial charge in [-0.2, -0.15) is 0 Å². The third-order valence-electron chi connectivity index (χ3n) is 3.56. The maximum absolute atomic E-state index is 5.80. The first-order valence-corrected chi connectivity index (χ1v) is 7.00. The van der Waals surface area contributed by atoms with Crippen LogP contribution in [0.4, 0.5) is 5.13 Å². The molecule has 1 saturated carbocycles. The van der Waals surface area contributed by atoms with E-state index in [1.165, 1.54) is 24.0 Å². The number of hydrogen-bond donors (Lipinski definition) is 2. The van der Waals surface area contributed by atoms with Gasteiger partial charge in [0.15, 0.2) is 5.13 Å². The van der Waals surface area contributed by atoms with Gasteiger partial charge < -0.3 is 11.1 Å². The van der Waals surface area contributed by atoms with Gasteiger partial charge in [0, 0.05) is 6.04 Å². The summed E-state index contributed by atoms with van der Waals surface area (Å²) in [5.74, 6) is 0.613. The number of aromatic nitrogens is 1. The summed E-state index contributed by atoms with van der Waals surface area (Å²) in [5.41, 5.74) is 6.88. The largest absolute Gasteiger partial charge is 0.358 e. The highest BCUT2D eigenvalue weighted by Gasteiger charge is 2.26. The van der Waals surface area contributed by atoms with Gasteiger partial charge in [0.25, 0.3) is 0 Å². The summed E-state index contributed by atoms with van der Waals surface area (Å²) in [6, 6.07) is 8.78. The van der Waals surface area contributed by atoms with Gasteiger partial charge >= 0.3 is 0 Å². The number of anilines is 1. The first-order chi connectivity index (χ1) is 8.36. The van der Waals surface area contributed by atoms with Gasteiger partial charge in [0.05, 0.1) is 10.2 Å². The first-order valence-electron chi connectivity index (χ1n) is 6.19. The molecule has 0 saturated heterocycles. The summed E-state index contributed by atoms with van der Waals surface area (Å²) in [6.07, 6.45) is 3.75. The number of thiazole rings is 1. The molecule has 1 aromatic heterocycles. The monoisotopic (exact) mass is 247 g/mol. The van der Waals surface area contributed by atoms with Crippen molar-refractivity contribution in [2.24, 2.45) is 11.7 Å². The Kier molecular flexibility index (Phi) is 2.99. The van der Waals surface area contributed by atoms with E-state index in [0.717, 1.165) is 17.2 Å². The predicted octanol–water partition coefficient (Wildman–Crippen LogP) is 2.84. The van der Waals surface area contributed by atoms with Crippen LogP contribution in [0.25, 0.3) is 10.2 Å². The Labute approximate surface area is 105 Å². The minimum atomic E-state index is 0.514. The highest BCUT2D eigenvalue weighted by molar-refractivity contribution is 7.22. The molecule has 17 heavy (non-hydrogen) atoms. The summed E-state index contributed by atoms with van der Waals surface area (Å²) in [6.45, 7) is 0.780. The Morgan fingerprint density at radius 3 is 3.06 bits per heavy atom. The summed E-state index contributed by atoms with van der Waals surface area (Å²) in [5, 5.41) is 4.60. The molecular weight excluding hydrogens is 230 g/mol. The van der Waals surface area contributed by atoms with E-state index in [9.17, 15) is 0 Å². The van der Waals surface area contributed by atoms with Gasteiger partial charge in [0.1, 0.15) is 0 Å². The zero-order valence-corrected chi connectivity index (χ0v) is 10.5. The molecule has 0 spiro atoms. The van der Waals surface area contributed by atoms with Gasteiger partial charge in [-0.15, -0.1) is 0 Å². The molecule has 3 rings (SSSR count). The quantitative estimate of drug-likeness (QED) is 0.877. The van der Waals surface area contributed by atoms with Crippen molar-refractivity contribution in [2.75, 3.05) is 11.9 Å².